The van der Waals surface area contributed by atoms with Crippen LogP contribution < -0.4 is 9.62 Å². The minimum Gasteiger partial charge on any atom is -0.354 e. The minimum absolute atomic E-state index is 0.0444. The average Bonchev–Trinajstić information content (AvgIpc) is 2.83. The third kappa shape index (κ3) is 8.33. The third-order valence-electron chi connectivity index (χ3n) is 6.01. The van der Waals surface area contributed by atoms with Crippen LogP contribution in [0.25, 0.3) is 0 Å². The lowest BCUT2D eigenvalue weighted by atomic mass is 10.0. The van der Waals surface area contributed by atoms with Crippen molar-refractivity contribution in [3.63, 3.8) is 0 Å². The number of halogens is 1. The van der Waals surface area contributed by atoms with E-state index >= 15 is 0 Å². The predicted molar refractivity (Wildman–Crippen MR) is 142 cm³/mol. The molecule has 0 aromatic heterocycles. The molecule has 1 N–H and O–H groups in total. The first-order chi connectivity index (χ1) is 17.0. The quantitative estimate of drug-likeness (QED) is 0.397. The molecular formula is C27H38FN3O4S. The van der Waals surface area contributed by atoms with E-state index in [1.54, 1.807) is 31.2 Å². The van der Waals surface area contributed by atoms with Gasteiger partial charge in [0.2, 0.25) is 21.8 Å². The number of unbranched alkanes of at least 4 members (excludes halogenated alkanes) is 1. The van der Waals surface area contributed by atoms with Gasteiger partial charge in [-0.05, 0) is 54.2 Å². The van der Waals surface area contributed by atoms with Crippen LogP contribution in [0.5, 0.6) is 0 Å². The number of hydrogen-bond acceptors (Lipinski definition) is 4. The number of amides is 2. The Bertz CT molecular complexity index is 1100. The molecule has 0 saturated carbocycles. The van der Waals surface area contributed by atoms with E-state index in [1.165, 1.54) is 17.0 Å². The SMILES string of the molecule is CCCCNC(=O)[C@H](CC)N(Cc1ccc(F)cc1)C(=O)CN(c1ccc(C(C)C)cc1)S(C)(=O)=O. The van der Waals surface area contributed by atoms with E-state index in [-0.39, 0.29) is 18.4 Å². The summed E-state index contributed by atoms with van der Waals surface area (Å²) in [4.78, 5) is 28.0. The molecule has 2 aromatic rings. The molecule has 2 rings (SSSR count). The lowest BCUT2D eigenvalue weighted by Crippen LogP contribution is -2.52. The summed E-state index contributed by atoms with van der Waals surface area (Å²) in [6.07, 6.45) is 3.11. The first kappa shape index (κ1) is 29.3. The maximum atomic E-state index is 13.6. The highest BCUT2D eigenvalue weighted by Crippen LogP contribution is 2.23. The summed E-state index contributed by atoms with van der Waals surface area (Å²) >= 11 is 0. The van der Waals surface area contributed by atoms with Gasteiger partial charge in [0.25, 0.3) is 0 Å². The number of nitrogens with zero attached hydrogens (tertiary/aromatic N) is 2. The summed E-state index contributed by atoms with van der Waals surface area (Å²) in [5, 5.41) is 2.87. The van der Waals surface area contributed by atoms with Crippen molar-refractivity contribution >= 4 is 27.5 Å². The molecule has 36 heavy (non-hydrogen) atoms. The number of benzene rings is 2. The van der Waals surface area contributed by atoms with E-state index < -0.39 is 34.3 Å². The summed E-state index contributed by atoms with van der Waals surface area (Å²) in [6, 6.07) is 11.9. The average molecular weight is 520 g/mol. The van der Waals surface area contributed by atoms with Gasteiger partial charge in [0.05, 0.1) is 11.9 Å². The minimum atomic E-state index is -3.79. The van der Waals surface area contributed by atoms with Crippen molar-refractivity contribution in [2.24, 2.45) is 0 Å². The van der Waals surface area contributed by atoms with Crippen LogP contribution in [-0.4, -0.2) is 50.5 Å². The van der Waals surface area contributed by atoms with Gasteiger partial charge in [-0.3, -0.25) is 13.9 Å². The number of hydrogen-bond donors (Lipinski definition) is 1. The highest BCUT2D eigenvalue weighted by molar-refractivity contribution is 7.92. The monoisotopic (exact) mass is 519 g/mol. The highest BCUT2D eigenvalue weighted by atomic mass is 32.2. The lowest BCUT2D eigenvalue weighted by molar-refractivity contribution is -0.140. The first-order valence-corrected chi connectivity index (χ1v) is 14.2. The van der Waals surface area contributed by atoms with E-state index in [4.69, 9.17) is 0 Å². The number of anilines is 1. The topological polar surface area (TPSA) is 86.8 Å². The van der Waals surface area contributed by atoms with Crippen molar-refractivity contribution in [3.05, 3.63) is 65.5 Å². The van der Waals surface area contributed by atoms with Gasteiger partial charge in [0.1, 0.15) is 18.4 Å². The van der Waals surface area contributed by atoms with Crippen molar-refractivity contribution in [3.8, 4) is 0 Å². The molecule has 0 aliphatic rings. The van der Waals surface area contributed by atoms with Gasteiger partial charge in [-0.2, -0.15) is 0 Å². The molecule has 0 unspecified atom stereocenters. The molecule has 0 spiro atoms. The fourth-order valence-electron chi connectivity index (χ4n) is 3.85. The summed E-state index contributed by atoms with van der Waals surface area (Å²) in [6.45, 7) is 7.97. The van der Waals surface area contributed by atoms with Gasteiger partial charge in [0.15, 0.2) is 0 Å². The van der Waals surface area contributed by atoms with Gasteiger partial charge in [-0.15, -0.1) is 0 Å². The molecule has 0 heterocycles. The molecule has 2 aromatic carbocycles. The van der Waals surface area contributed by atoms with Gasteiger partial charge in [-0.1, -0.05) is 58.4 Å². The van der Waals surface area contributed by atoms with Gasteiger partial charge in [0, 0.05) is 13.1 Å². The Morgan fingerprint density at radius 1 is 1.00 bits per heavy atom. The van der Waals surface area contributed by atoms with E-state index in [9.17, 15) is 22.4 Å². The second-order valence-electron chi connectivity index (χ2n) is 9.23. The number of carbonyl (C=O) groups excluding carboxylic acids is 2. The second kappa shape index (κ2) is 13.4. The molecule has 0 saturated heterocycles. The van der Waals surface area contributed by atoms with Gasteiger partial charge in [-0.25, -0.2) is 12.8 Å². The summed E-state index contributed by atoms with van der Waals surface area (Å²) in [5.74, 6) is -0.951. The molecule has 0 bridgehead atoms. The Morgan fingerprint density at radius 2 is 1.61 bits per heavy atom. The van der Waals surface area contributed by atoms with Crippen LogP contribution in [0, 0.1) is 5.82 Å². The Morgan fingerprint density at radius 3 is 2.11 bits per heavy atom. The predicted octanol–water partition coefficient (Wildman–Crippen LogP) is 4.44. The molecule has 0 aliphatic carbocycles. The van der Waals surface area contributed by atoms with Crippen LogP contribution in [-0.2, 0) is 26.2 Å². The third-order valence-corrected chi connectivity index (χ3v) is 7.15. The molecule has 7 nitrogen and oxygen atoms in total. The number of rotatable bonds is 13. The van der Waals surface area contributed by atoms with Crippen LogP contribution in [0.3, 0.4) is 0 Å². The molecule has 0 fully saturated rings. The molecule has 0 aliphatic heterocycles. The molecular weight excluding hydrogens is 481 g/mol. The first-order valence-electron chi connectivity index (χ1n) is 12.4. The Labute approximate surface area is 214 Å². The zero-order valence-electron chi connectivity index (χ0n) is 21.8. The van der Waals surface area contributed by atoms with Crippen LogP contribution in [0.4, 0.5) is 10.1 Å². The van der Waals surface area contributed by atoms with E-state index in [0.717, 1.165) is 29.0 Å². The maximum Gasteiger partial charge on any atom is 0.244 e. The molecule has 9 heteroatoms. The lowest BCUT2D eigenvalue weighted by Gasteiger charge is -2.33. The van der Waals surface area contributed by atoms with Gasteiger partial charge < -0.3 is 10.2 Å². The van der Waals surface area contributed by atoms with Crippen molar-refractivity contribution in [2.75, 3.05) is 23.7 Å². The smallest absolute Gasteiger partial charge is 0.244 e. The fraction of sp³-hybridized carbons (Fsp3) is 0.481. The summed E-state index contributed by atoms with van der Waals surface area (Å²) in [7, 11) is -3.79. The van der Waals surface area contributed by atoms with Crippen LogP contribution in [0.2, 0.25) is 0 Å². The maximum absolute atomic E-state index is 13.6. The largest absolute Gasteiger partial charge is 0.354 e. The fourth-order valence-corrected chi connectivity index (χ4v) is 4.70. The van der Waals surface area contributed by atoms with Crippen LogP contribution >= 0.6 is 0 Å². The second-order valence-corrected chi connectivity index (χ2v) is 11.1. The van der Waals surface area contributed by atoms with E-state index in [0.29, 0.717) is 24.2 Å². The number of sulfonamides is 1. The zero-order chi connectivity index (χ0) is 26.9. The number of nitrogens with one attached hydrogen (secondary N) is 1. The Balaban J connectivity index is 2.39. The highest BCUT2D eigenvalue weighted by Gasteiger charge is 2.31. The Kier molecular flexibility index (Phi) is 10.9. The van der Waals surface area contributed by atoms with E-state index in [1.807, 2.05) is 32.9 Å². The molecule has 198 valence electrons. The van der Waals surface area contributed by atoms with Crippen molar-refractivity contribution < 1.29 is 22.4 Å². The molecule has 2 amide bonds. The molecule has 0 radical (unpaired) electrons. The van der Waals surface area contributed by atoms with Crippen molar-refractivity contribution in [1.82, 2.24) is 10.2 Å². The van der Waals surface area contributed by atoms with Crippen LogP contribution in [0.15, 0.2) is 48.5 Å². The molecule has 1 atom stereocenters. The summed E-state index contributed by atoms with van der Waals surface area (Å²) < 4.78 is 39.9. The van der Waals surface area contributed by atoms with E-state index in [2.05, 4.69) is 5.32 Å². The summed E-state index contributed by atoms with van der Waals surface area (Å²) in [5.41, 5.74) is 2.06. The number of carbonyl (C=O) groups is 2. The standard InChI is InChI=1S/C27H38FN3O4S/c1-6-8-17-29-27(33)25(7-2)30(18-21-9-13-23(28)14-10-21)26(32)19-31(36(5,34)35)24-15-11-22(12-16-24)20(3)4/h9-16,20,25H,6-8,17-19H2,1-5H3,(H,29,33)/t25-/m0/s1. The normalized spacial score (nSPS) is 12.3. The van der Waals surface area contributed by atoms with Crippen LogP contribution in [0.1, 0.15) is 64.0 Å². The van der Waals surface area contributed by atoms with Gasteiger partial charge >= 0.3 is 0 Å². The van der Waals surface area contributed by atoms with Crippen molar-refractivity contribution in [2.45, 2.75) is 65.5 Å². The zero-order valence-corrected chi connectivity index (χ0v) is 22.6. The van der Waals surface area contributed by atoms with Crippen molar-refractivity contribution in [1.29, 1.82) is 0 Å². The Hall–Kier alpha value is -2.94.